The topological polar surface area (TPSA) is 75.6 Å². The second-order valence-corrected chi connectivity index (χ2v) is 7.39. The third-order valence-electron chi connectivity index (χ3n) is 4.90. The lowest BCUT2D eigenvalue weighted by molar-refractivity contribution is 0.0697. The van der Waals surface area contributed by atoms with Crippen LogP contribution < -0.4 is 5.32 Å². The van der Waals surface area contributed by atoms with Crippen LogP contribution in [0.4, 0.5) is 14.9 Å². The summed E-state index contributed by atoms with van der Waals surface area (Å²) in [6.45, 7) is 0.0396. The van der Waals surface area contributed by atoms with Crippen molar-refractivity contribution in [1.29, 1.82) is 0 Å². The van der Waals surface area contributed by atoms with Crippen LogP contribution in [0.3, 0.4) is 0 Å². The average Bonchev–Trinajstić information content (AvgIpc) is 3.03. The van der Waals surface area contributed by atoms with Gasteiger partial charge in [0, 0.05) is 5.92 Å². The molecule has 29 heavy (non-hydrogen) atoms. The Bertz CT molecular complexity index is 1090. The monoisotopic (exact) mass is 455 g/mol. The Hall–Kier alpha value is -3.19. The Morgan fingerprint density at radius 3 is 2.17 bits per heavy atom. The lowest BCUT2D eigenvalue weighted by Gasteiger charge is -2.15. The summed E-state index contributed by atoms with van der Waals surface area (Å²) in [6.07, 6.45) is -0.925. The third kappa shape index (κ3) is 3.49. The van der Waals surface area contributed by atoms with E-state index >= 15 is 0 Å². The van der Waals surface area contributed by atoms with Crippen LogP contribution in [0.2, 0.25) is 0 Å². The van der Waals surface area contributed by atoms with Crippen LogP contribution in [0.25, 0.3) is 11.1 Å². The number of hydrogen-bond donors (Lipinski definition) is 2. The molecule has 0 saturated heterocycles. The molecule has 3 aromatic carbocycles. The number of ether oxygens (including phenoxy) is 1. The number of rotatable bonds is 4. The number of carboxylic acid groups (broad SMARTS) is 1. The molecule has 146 valence electrons. The summed E-state index contributed by atoms with van der Waals surface area (Å²) >= 11 is 2.99. The molecule has 0 atom stereocenters. The van der Waals surface area contributed by atoms with Crippen LogP contribution in [-0.4, -0.2) is 23.8 Å². The van der Waals surface area contributed by atoms with E-state index in [2.05, 4.69) is 21.2 Å². The molecule has 0 unspecified atom stereocenters. The maximum atomic E-state index is 14.3. The van der Waals surface area contributed by atoms with E-state index in [1.807, 2.05) is 48.5 Å². The van der Waals surface area contributed by atoms with Crippen LogP contribution in [0, 0.1) is 5.82 Å². The number of amides is 1. The number of hydrogen-bond acceptors (Lipinski definition) is 3. The van der Waals surface area contributed by atoms with Crippen molar-refractivity contribution in [2.24, 2.45) is 0 Å². The van der Waals surface area contributed by atoms with Crippen molar-refractivity contribution in [3.8, 4) is 11.1 Å². The van der Waals surface area contributed by atoms with Crippen molar-refractivity contribution < 1.29 is 23.8 Å². The van der Waals surface area contributed by atoms with Crippen molar-refractivity contribution in [3.05, 3.63) is 87.6 Å². The molecule has 0 aromatic heterocycles. The fourth-order valence-electron chi connectivity index (χ4n) is 3.59. The van der Waals surface area contributed by atoms with Gasteiger partial charge in [0.05, 0.1) is 15.7 Å². The fraction of sp³-hybridized carbons (Fsp3) is 0.0909. The SMILES string of the molecule is O=C(Nc1c(C(=O)O)ccc(Br)c1F)OCC1c2ccccc2-c2ccccc21. The maximum absolute atomic E-state index is 14.3. The Morgan fingerprint density at radius 2 is 1.59 bits per heavy atom. The van der Waals surface area contributed by atoms with Crippen molar-refractivity contribution in [1.82, 2.24) is 0 Å². The Kier molecular flexibility index (Phi) is 5.07. The molecule has 1 amide bonds. The van der Waals surface area contributed by atoms with E-state index in [0.717, 1.165) is 22.3 Å². The van der Waals surface area contributed by atoms with Crippen LogP contribution in [0.1, 0.15) is 27.4 Å². The zero-order valence-electron chi connectivity index (χ0n) is 15.0. The number of fused-ring (bicyclic) bond motifs is 3. The van der Waals surface area contributed by atoms with Gasteiger partial charge in [-0.15, -0.1) is 0 Å². The summed E-state index contributed by atoms with van der Waals surface area (Å²) in [4.78, 5) is 23.7. The number of anilines is 1. The number of carbonyl (C=O) groups is 2. The molecule has 0 radical (unpaired) electrons. The van der Waals surface area contributed by atoms with Crippen LogP contribution in [0.15, 0.2) is 65.1 Å². The van der Waals surface area contributed by atoms with Crippen molar-refractivity contribution in [2.75, 3.05) is 11.9 Å². The van der Waals surface area contributed by atoms with E-state index < -0.39 is 23.6 Å². The molecule has 1 aliphatic carbocycles. The van der Waals surface area contributed by atoms with Crippen molar-refractivity contribution in [2.45, 2.75) is 5.92 Å². The molecule has 0 aliphatic heterocycles. The van der Waals surface area contributed by atoms with E-state index in [4.69, 9.17) is 4.74 Å². The van der Waals surface area contributed by atoms with Crippen molar-refractivity contribution >= 4 is 33.7 Å². The minimum Gasteiger partial charge on any atom is -0.478 e. The van der Waals surface area contributed by atoms with Gasteiger partial charge in [-0.05, 0) is 50.3 Å². The van der Waals surface area contributed by atoms with Gasteiger partial charge in [0.2, 0.25) is 0 Å². The zero-order chi connectivity index (χ0) is 20.5. The summed E-state index contributed by atoms with van der Waals surface area (Å²) in [5, 5.41) is 11.5. The van der Waals surface area contributed by atoms with E-state index in [0.29, 0.717) is 0 Å². The van der Waals surface area contributed by atoms with Gasteiger partial charge in [-0.3, -0.25) is 5.32 Å². The number of carbonyl (C=O) groups excluding carboxylic acids is 1. The van der Waals surface area contributed by atoms with Gasteiger partial charge in [0.15, 0.2) is 5.82 Å². The maximum Gasteiger partial charge on any atom is 0.411 e. The average molecular weight is 456 g/mol. The summed E-state index contributed by atoms with van der Waals surface area (Å²) < 4.78 is 19.7. The zero-order valence-corrected chi connectivity index (χ0v) is 16.6. The van der Waals surface area contributed by atoms with Gasteiger partial charge >= 0.3 is 12.1 Å². The summed E-state index contributed by atoms with van der Waals surface area (Å²) in [7, 11) is 0. The molecule has 1 aliphatic rings. The Morgan fingerprint density at radius 1 is 1.00 bits per heavy atom. The van der Waals surface area contributed by atoms with Gasteiger partial charge in [-0.1, -0.05) is 48.5 Å². The largest absolute Gasteiger partial charge is 0.478 e. The molecule has 0 fully saturated rings. The first-order valence-electron chi connectivity index (χ1n) is 8.80. The molecule has 0 spiro atoms. The number of nitrogens with one attached hydrogen (secondary N) is 1. The lowest BCUT2D eigenvalue weighted by Crippen LogP contribution is -2.20. The van der Waals surface area contributed by atoms with Crippen LogP contribution in [-0.2, 0) is 4.74 Å². The molecule has 3 aromatic rings. The van der Waals surface area contributed by atoms with E-state index in [1.165, 1.54) is 12.1 Å². The first-order valence-corrected chi connectivity index (χ1v) is 9.60. The van der Waals surface area contributed by atoms with Crippen LogP contribution in [0.5, 0.6) is 0 Å². The molecule has 0 saturated carbocycles. The highest BCUT2D eigenvalue weighted by molar-refractivity contribution is 9.10. The molecule has 4 rings (SSSR count). The van der Waals surface area contributed by atoms with E-state index in [1.54, 1.807) is 0 Å². The van der Waals surface area contributed by atoms with Gasteiger partial charge < -0.3 is 9.84 Å². The first kappa shape index (κ1) is 19.1. The molecule has 0 heterocycles. The Labute approximate surface area is 174 Å². The number of benzene rings is 3. The highest BCUT2D eigenvalue weighted by Gasteiger charge is 2.29. The minimum atomic E-state index is -1.36. The second kappa shape index (κ2) is 7.67. The standard InChI is InChI=1S/C22H15BrFNO4/c23-18-10-9-16(21(26)27)20(19(18)24)25-22(28)29-11-17-14-7-3-1-5-12(14)13-6-2-4-8-15(13)17/h1-10,17H,11H2,(H,25,28)(H,26,27). The van der Waals surface area contributed by atoms with E-state index in [-0.39, 0.29) is 22.6 Å². The van der Waals surface area contributed by atoms with Gasteiger partial charge in [0.25, 0.3) is 0 Å². The normalized spacial score (nSPS) is 12.2. The third-order valence-corrected chi connectivity index (χ3v) is 5.51. The quantitative estimate of drug-likeness (QED) is 0.532. The fourth-order valence-corrected chi connectivity index (χ4v) is 3.92. The van der Waals surface area contributed by atoms with Gasteiger partial charge in [0.1, 0.15) is 6.61 Å². The lowest BCUT2D eigenvalue weighted by atomic mass is 9.98. The number of carboxylic acids is 1. The summed E-state index contributed by atoms with van der Waals surface area (Å²) in [5.41, 5.74) is 3.46. The molecule has 5 nitrogen and oxygen atoms in total. The highest BCUT2D eigenvalue weighted by atomic mass is 79.9. The molecule has 0 bridgehead atoms. The predicted octanol–water partition coefficient (Wildman–Crippen LogP) is 5.65. The Balaban J connectivity index is 1.55. The molecule has 2 N–H and O–H groups in total. The summed E-state index contributed by atoms with van der Waals surface area (Å²) in [6, 6.07) is 18.2. The summed E-state index contributed by atoms with van der Waals surface area (Å²) in [5.74, 6) is -2.39. The predicted molar refractivity (Wildman–Crippen MR) is 110 cm³/mol. The first-order chi connectivity index (χ1) is 14.0. The molecular weight excluding hydrogens is 441 g/mol. The molecule has 7 heteroatoms. The number of halogens is 2. The van der Waals surface area contributed by atoms with Crippen LogP contribution >= 0.6 is 15.9 Å². The van der Waals surface area contributed by atoms with E-state index in [9.17, 15) is 19.1 Å². The highest BCUT2D eigenvalue weighted by Crippen LogP contribution is 2.44. The minimum absolute atomic E-state index is 0.0384. The van der Waals surface area contributed by atoms with Gasteiger partial charge in [-0.2, -0.15) is 0 Å². The molecular formula is C22H15BrFNO4. The van der Waals surface area contributed by atoms with Gasteiger partial charge in [-0.25, -0.2) is 14.0 Å². The second-order valence-electron chi connectivity index (χ2n) is 6.54. The number of aromatic carboxylic acids is 1. The smallest absolute Gasteiger partial charge is 0.411 e. The van der Waals surface area contributed by atoms with Crippen molar-refractivity contribution in [3.63, 3.8) is 0 Å².